The Balaban J connectivity index is 2.76. The second-order valence-electron chi connectivity index (χ2n) is 4.34. The molecule has 0 atom stereocenters. The SMILES string of the molecule is CCCNCC/C=C(/C)c1cnccc1C(F)(F)F. The molecule has 1 aromatic rings. The smallest absolute Gasteiger partial charge is 0.316 e. The summed E-state index contributed by atoms with van der Waals surface area (Å²) in [5.41, 5.74) is 0.141. The van der Waals surface area contributed by atoms with E-state index in [4.69, 9.17) is 0 Å². The van der Waals surface area contributed by atoms with Crippen LogP contribution in [0.5, 0.6) is 0 Å². The van der Waals surface area contributed by atoms with E-state index in [9.17, 15) is 13.2 Å². The molecule has 0 unspecified atom stereocenters. The fourth-order valence-corrected chi connectivity index (χ4v) is 1.76. The van der Waals surface area contributed by atoms with Gasteiger partial charge in [0.05, 0.1) is 5.56 Å². The van der Waals surface area contributed by atoms with Gasteiger partial charge < -0.3 is 5.32 Å². The number of alkyl halides is 3. The maximum absolute atomic E-state index is 12.8. The number of halogens is 3. The van der Waals surface area contributed by atoms with Gasteiger partial charge in [-0.15, -0.1) is 0 Å². The molecular formula is C14H19F3N2. The first kappa shape index (κ1) is 15.7. The summed E-state index contributed by atoms with van der Waals surface area (Å²) in [5, 5.41) is 3.20. The van der Waals surface area contributed by atoms with Crippen molar-refractivity contribution >= 4 is 5.57 Å². The molecular weight excluding hydrogens is 253 g/mol. The van der Waals surface area contributed by atoms with Crippen molar-refractivity contribution in [3.63, 3.8) is 0 Å². The number of nitrogens with one attached hydrogen (secondary N) is 1. The zero-order chi connectivity index (χ0) is 14.3. The van der Waals surface area contributed by atoms with Crippen molar-refractivity contribution in [3.8, 4) is 0 Å². The number of aromatic nitrogens is 1. The topological polar surface area (TPSA) is 24.9 Å². The Morgan fingerprint density at radius 3 is 2.74 bits per heavy atom. The van der Waals surface area contributed by atoms with Crippen molar-refractivity contribution in [1.82, 2.24) is 10.3 Å². The summed E-state index contributed by atoms with van der Waals surface area (Å²) in [6.07, 6.45) is 1.67. The first-order valence-electron chi connectivity index (χ1n) is 6.36. The molecule has 0 amide bonds. The molecule has 0 spiro atoms. The minimum absolute atomic E-state index is 0.158. The molecule has 0 saturated carbocycles. The summed E-state index contributed by atoms with van der Waals surface area (Å²) in [6, 6.07) is 1.02. The number of nitrogens with zero attached hydrogens (tertiary/aromatic N) is 1. The number of rotatable bonds is 6. The summed E-state index contributed by atoms with van der Waals surface area (Å²) >= 11 is 0. The average molecular weight is 272 g/mol. The second-order valence-corrected chi connectivity index (χ2v) is 4.34. The molecule has 0 radical (unpaired) electrons. The highest BCUT2D eigenvalue weighted by Crippen LogP contribution is 2.34. The molecule has 5 heteroatoms. The van der Waals surface area contributed by atoms with Crippen LogP contribution in [0, 0.1) is 0 Å². The van der Waals surface area contributed by atoms with Crippen LogP contribution in [-0.4, -0.2) is 18.1 Å². The molecule has 0 fully saturated rings. The van der Waals surface area contributed by atoms with Crippen molar-refractivity contribution in [2.45, 2.75) is 32.9 Å². The van der Waals surface area contributed by atoms with Gasteiger partial charge in [-0.1, -0.05) is 13.0 Å². The third-order valence-corrected chi connectivity index (χ3v) is 2.75. The van der Waals surface area contributed by atoms with Crippen molar-refractivity contribution in [3.05, 3.63) is 35.7 Å². The van der Waals surface area contributed by atoms with Crippen LogP contribution >= 0.6 is 0 Å². The number of hydrogen-bond acceptors (Lipinski definition) is 2. The first-order chi connectivity index (χ1) is 8.96. The van der Waals surface area contributed by atoms with Crippen molar-refractivity contribution in [2.24, 2.45) is 0 Å². The van der Waals surface area contributed by atoms with E-state index < -0.39 is 11.7 Å². The third-order valence-electron chi connectivity index (χ3n) is 2.75. The minimum Gasteiger partial charge on any atom is -0.316 e. The van der Waals surface area contributed by atoms with Crippen LogP contribution in [0.1, 0.15) is 37.8 Å². The van der Waals surface area contributed by atoms with E-state index in [1.54, 1.807) is 6.92 Å². The summed E-state index contributed by atoms with van der Waals surface area (Å²) in [7, 11) is 0. The maximum atomic E-state index is 12.8. The number of pyridine rings is 1. The number of hydrogen-bond donors (Lipinski definition) is 1. The lowest BCUT2D eigenvalue weighted by Gasteiger charge is -2.12. The predicted molar refractivity (Wildman–Crippen MR) is 70.7 cm³/mol. The molecule has 1 heterocycles. The Bertz CT molecular complexity index is 425. The molecule has 1 rings (SSSR count). The lowest BCUT2D eigenvalue weighted by molar-refractivity contribution is -0.137. The van der Waals surface area contributed by atoms with Gasteiger partial charge in [0, 0.05) is 18.0 Å². The van der Waals surface area contributed by atoms with E-state index in [2.05, 4.69) is 17.2 Å². The molecule has 2 nitrogen and oxygen atoms in total. The summed E-state index contributed by atoms with van der Waals surface area (Å²) in [4.78, 5) is 3.78. The molecule has 0 aromatic carbocycles. The largest absolute Gasteiger partial charge is 0.417 e. The quantitative estimate of drug-likeness (QED) is 0.795. The second kappa shape index (κ2) is 7.28. The standard InChI is InChI=1S/C14H19F3N2/c1-3-7-18-8-4-5-11(2)12-10-19-9-6-13(12)14(15,16)17/h5-6,9-10,18H,3-4,7-8H2,1-2H3/b11-5-. The Morgan fingerprint density at radius 1 is 1.37 bits per heavy atom. The van der Waals surface area contributed by atoms with Crippen LogP contribution in [0.4, 0.5) is 13.2 Å². The predicted octanol–water partition coefficient (Wildman–Crippen LogP) is 3.89. The lowest BCUT2D eigenvalue weighted by atomic mass is 10.0. The summed E-state index contributed by atoms with van der Waals surface area (Å²) in [6.45, 7) is 5.45. The Kier molecular flexibility index (Phi) is 6.02. The fourth-order valence-electron chi connectivity index (χ4n) is 1.76. The van der Waals surface area contributed by atoms with Crippen LogP contribution in [0.3, 0.4) is 0 Å². The van der Waals surface area contributed by atoms with Gasteiger partial charge in [0.2, 0.25) is 0 Å². The van der Waals surface area contributed by atoms with Gasteiger partial charge in [-0.2, -0.15) is 13.2 Å². The Morgan fingerprint density at radius 2 is 2.11 bits per heavy atom. The molecule has 0 saturated heterocycles. The van der Waals surface area contributed by atoms with E-state index in [0.717, 1.165) is 25.6 Å². The van der Waals surface area contributed by atoms with Crippen molar-refractivity contribution in [1.29, 1.82) is 0 Å². The highest BCUT2D eigenvalue weighted by Gasteiger charge is 2.33. The first-order valence-corrected chi connectivity index (χ1v) is 6.36. The van der Waals surface area contributed by atoms with Gasteiger partial charge in [-0.25, -0.2) is 0 Å². The van der Waals surface area contributed by atoms with Crippen molar-refractivity contribution < 1.29 is 13.2 Å². The molecule has 1 N–H and O–H groups in total. The van der Waals surface area contributed by atoms with E-state index >= 15 is 0 Å². The zero-order valence-corrected chi connectivity index (χ0v) is 11.2. The normalized spacial score (nSPS) is 12.8. The lowest BCUT2D eigenvalue weighted by Crippen LogP contribution is -2.15. The van der Waals surface area contributed by atoms with Gasteiger partial charge >= 0.3 is 6.18 Å². The highest BCUT2D eigenvalue weighted by atomic mass is 19.4. The monoisotopic (exact) mass is 272 g/mol. The van der Waals surface area contributed by atoms with E-state index in [1.807, 2.05) is 6.08 Å². The van der Waals surface area contributed by atoms with E-state index in [0.29, 0.717) is 12.0 Å². The van der Waals surface area contributed by atoms with Gasteiger partial charge in [0.1, 0.15) is 0 Å². The Labute approximate surface area is 111 Å². The van der Waals surface area contributed by atoms with Crippen LogP contribution in [0.15, 0.2) is 24.5 Å². The van der Waals surface area contributed by atoms with E-state index in [1.165, 1.54) is 12.4 Å². The van der Waals surface area contributed by atoms with Crippen LogP contribution in [0.25, 0.3) is 5.57 Å². The van der Waals surface area contributed by atoms with Gasteiger partial charge in [-0.05, 0) is 44.5 Å². The van der Waals surface area contributed by atoms with Gasteiger partial charge in [-0.3, -0.25) is 4.98 Å². The average Bonchev–Trinajstić information content (AvgIpc) is 2.37. The molecule has 0 aliphatic heterocycles. The zero-order valence-electron chi connectivity index (χ0n) is 11.2. The molecule has 106 valence electrons. The van der Waals surface area contributed by atoms with Gasteiger partial charge in [0.25, 0.3) is 0 Å². The number of allylic oxidation sites excluding steroid dienone is 1. The molecule has 19 heavy (non-hydrogen) atoms. The molecule has 1 aromatic heterocycles. The minimum atomic E-state index is -4.34. The van der Waals surface area contributed by atoms with Crippen LogP contribution < -0.4 is 5.32 Å². The van der Waals surface area contributed by atoms with Crippen LogP contribution in [0.2, 0.25) is 0 Å². The van der Waals surface area contributed by atoms with E-state index in [-0.39, 0.29) is 5.56 Å². The third kappa shape index (κ3) is 5.03. The summed E-state index contributed by atoms with van der Waals surface area (Å²) < 4.78 is 38.5. The highest BCUT2D eigenvalue weighted by molar-refractivity contribution is 5.66. The van der Waals surface area contributed by atoms with Crippen LogP contribution in [-0.2, 0) is 6.18 Å². The molecule has 0 aliphatic rings. The molecule has 0 bridgehead atoms. The fraction of sp³-hybridized carbons (Fsp3) is 0.500. The maximum Gasteiger partial charge on any atom is 0.417 e. The van der Waals surface area contributed by atoms with Gasteiger partial charge in [0.15, 0.2) is 0 Å². The summed E-state index contributed by atoms with van der Waals surface area (Å²) in [5.74, 6) is 0. The Hall–Kier alpha value is -1.36. The van der Waals surface area contributed by atoms with Crippen molar-refractivity contribution in [2.75, 3.05) is 13.1 Å². The molecule has 0 aliphatic carbocycles.